The average Bonchev–Trinajstić information content (AvgIpc) is 3.30. The Labute approximate surface area is 232 Å². The number of allylic oxidation sites excluding steroid dienone is 3. The van der Waals surface area contributed by atoms with E-state index in [4.69, 9.17) is 5.73 Å². The molecule has 0 amide bonds. The van der Waals surface area contributed by atoms with E-state index in [0.29, 0.717) is 50.1 Å². The summed E-state index contributed by atoms with van der Waals surface area (Å²) >= 11 is 0. The summed E-state index contributed by atoms with van der Waals surface area (Å²) in [5, 5.41) is 15.8. The third kappa shape index (κ3) is 5.40. The molecule has 3 heterocycles. The first kappa shape index (κ1) is 27.6. The SMILES string of the molecule is C=C/C(=C\C)c1ccc(CN2CCC(O)(Cn3cnc4c(-c5ccc(CN)cc5)n(C)nc4c3=O)CC2)c(F)c1. The predicted octanol–water partition coefficient (Wildman–Crippen LogP) is 4.01. The number of aromatic nitrogens is 4. The van der Waals surface area contributed by atoms with Crippen molar-refractivity contribution in [3.05, 3.63) is 100 Å². The molecule has 2 aromatic heterocycles. The zero-order chi connectivity index (χ0) is 28.4. The molecule has 4 aromatic rings. The van der Waals surface area contributed by atoms with Crippen molar-refractivity contribution in [1.82, 2.24) is 24.2 Å². The van der Waals surface area contributed by atoms with Crippen molar-refractivity contribution < 1.29 is 9.50 Å². The van der Waals surface area contributed by atoms with Crippen molar-refractivity contribution >= 4 is 16.6 Å². The number of rotatable bonds is 8. The second-order valence-electron chi connectivity index (χ2n) is 10.5. The number of nitrogens with two attached hydrogens (primary N) is 1. The fourth-order valence-corrected chi connectivity index (χ4v) is 5.43. The molecule has 208 valence electrons. The molecule has 0 radical (unpaired) electrons. The number of hydrogen-bond donors (Lipinski definition) is 2. The Bertz CT molecular complexity index is 1630. The number of aryl methyl sites for hydroxylation is 1. The van der Waals surface area contributed by atoms with Gasteiger partial charge in [-0.25, -0.2) is 9.37 Å². The number of aliphatic hydroxyl groups is 1. The van der Waals surface area contributed by atoms with Crippen LogP contribution < -0.4 is 11.3 Å². The Kier molecular flexibility index (Phi) is 7.80. The summed E-state index contributed by atoms with van der Waals surface area (Å²) < 4.78 is 17.9. The van der Waals surface area contributed by atoms with Gasteiger partial charge in [0.2, 0.25) is 0 Å². The Morgan fingerprint density at radius 3 is 2.52 bits per heavy atom. The molecule has 0 bridgehead atoms. The van der Waals surface area contributed by atoms with Gasteiger partial charge in [0, 0.05) is 44.4 Å². The van der Waals surface area contributed by atoms with E-state index in [-0.39, 0.29) is 23.4 Å². The third-order valence-corrected chi connectivity index (χ3v) is 7.84. The molecule has 40 heavy (non-hydrogen) atoms. The quantitative estimate of drug-likeness (QED) is 0.326. The lowest BCUT2D eigenvalue weighted by atomic mass is 9.91. The normalized spacial score (nSPS) is 16.0. The van der Waals surface area contributed by atoms with Crippen molar-refractivity contribution in [1.29, 1.82) is 0 Å². The summed E-state index contributed by atoms with van der Waals surface area (Å²) in [4.78, 5) is 20.1. The smallest absolute Gasteiger partial charge is 0.281 e. The van der Waals surface area contributed by atoms with Crippen LogP contribution in [0, 0.1) is 5.82 Å². The molecule has 5 rings (SSSR count). The van der Waals surface area contributed by atoms with Crippen LogP contribution in [0.15, 0.2) is 72.3 Å². The van der Waals surface area contributed by atoms with Crippen molar-refractivity contribution in [2.75, 3.05) is 13.1 Å². The molecule has 3 N–H and O–H groups in total. The fourth-order valence-electron chi connectivity index (χ4n) is 5.43. The number of nitrogens with zero attached hydrogens (tertiary/aromatic N) is 5. The summed E-state index contributed by atoms with van der Waals surface area (Å²) in [5.41, 5.74) is 10.1. The zero-order valence-corrected chi connectivity index (χ0v) is 23.0. The van der Waals surface area contributed by atoms with Crippen LogP contribution in [0.3, 0.4) is 0 Å². The number of benzene rings is 2. The molecular weight excluding hydrogens is 507 g/mol. The number of halogens is 1. The highest BCUT2D eigenvalue weighted by Crippen LogP contribution is 2.28. The molecule has 0 saturated carbocycles. The molecule has 1 saturated heterocycles. The van der Waals surface area contributed by atoms with Gasteiger partial charge in [-0.1, -0.05) is 55.1 Å². The second-order valence-corrected chi connectivity index (χ2v) is 10.5. The van der Waals surface area contributed by atoms with E-state index in [1.807, 2.05) is 49.4 Å². The summed E-state index contributed by atoms with van der Waals surface area (Å²) in [6.07, 6.45) is 6.02. The van der Waals surface area contributed by atoms with Crippen molar-refractivity contribution in [3.8, 4) is 11.3 Å². The minimum atomic E-state index is -1.07. The number of fused-ring (bicyclic) bond motifs is 1. The van der Waals surface area contributed by atoms with Gasteiger partial charge in [-0.15, -0.1) is 0 Å². The minimum absolute atomic E-state index is 0.121. The lowest BCUT2D eigenvalue weighted by Crippen LogP contribution is -2.47. The summed E-state index contributed by atoms with van der Waals surface area (Å²) in [6, 6.07) is 13.1. The second kappa shape index (κ2) is 11.3. The predicted molar refractivity (Wildman–Crippen MR) is 156 cm³/mol. The molecule has 2 aromatic carbocycles. The lowest BCUT2D eigenvalue weighted by molar-refractivity contribution is -0.0366. The monoisotopic (exact) mass is 542 g/mol. The molecule has 8 nitrogen and oxygen atoms in total. The average molecular weight is 543 g/mol. The van der Waals surface area contributed by atoms with Gasteiger partial charge in [0.1, 0.15) is 11.3 Å². The number of hydrogen-bond acceptors (Lipinski definition) is 6. The van der Waals surface area contributed by atoms with Crippen LogP contribution in [0.2, 0.25) is 0 Å². The van der Waals surface area contributed by atoms with Gasteiger partial charge in [-0.2, -0.15) is 5.10 Å². The van der Waals surface area contributed by atoms with E-state index in [9.17, 15) is 14.3 Å². The highest BCUT2D eigenvalue weighted by atomic mass is 19.1. The summed E-state index contributed by atoms with van der Waals surface area (Å²) in [6.45, 7) is 7.88. The van der Waals surface area contributed by atoms with Crippen molar-refractivity contribution in [2.24, 2.45) is 12.8 Å². The van der Waals surface area contributed by atoms with Gasteiger partial charge in [-0.3, -0.25) is 18.9 Å². The largest absolute Gasteiger partial charge is 0.388 e. The molecule has 1 aliphatic heterocycles. The minimum Gasteiger partial charge on any atom is -0.388 e. The van der Waals surface area contributed by atoms with Gasteiger partial charge < -0.3 is 10.8 Å². The van der Waals surface area contributed by atoms with E-state index in [0.717, 1.165) is 28.0 Å². The third-order valence-electron chi connectivity index (χ3n) is 7.84. The van der Waals surface area contributed by atoms with Crippen LogP contribution in [0.5, 0.6) is 0 Å². The van der Waals surface area contributed by atoms with Crippen molar-refractivity contribution in [2.45, 2.75) is 45.0 Å². The van der Waals surface area contributed by atoms with E-state index >= 15 is 0 Å². The highest BCUT2D eigenvalue weighted by Gasteiger charge is 2.33. The standard InChI is InChI=1S/C31H35FN6O2/c1-4-22(5-2)24-10-11-25(26(32)16-24)18-37-14-12-31(40,13-15-37)19-38-20-34-27-28(30(38)39)35-36(3)29(27)23-8-6-21(17-33)7-9-23/h4-11,16,20,40H,1,12-15,17-19,33H2,2-3H3/b22-5+. The molecule has 0 spiro atoms. The Morgan fingerprint density at radius 1 is 1.18 bits per heavy atom. The molecule has 0 aliphatic carbocycles. The first-order valence-corrected chi connectivity index (χ1v) is 13.5. The summed E-state index contributed by atoms with van der Waals surface area (Å²) in [5.74, 6) is -0.254. The van der Waals surface area contributed by atoms with Gasteiger partial charge in [0.15, 0.2) is 5.52 Å². The van der Waals surface area contributed by atoms with Crippen molar-refractivity contribution in [3.63, 3.8) is 0 Å². The molecule has 0 atom stereocenters. The molecule has 1 aliphatic rings. The molecular formula is C31H35FN6O2. The van der Waals surface area contributed by atoms with Crippen LogP contribution in [0.1, 0.15) is 36.5 Å². The Morgan fingerprint density at radius 2 is 1.90 bits per heavy atom. The van der Waals surface area contributed by atoms with E-state index < -0.39 is 5.60 Å². The lowest BCUT2D eigenvalue weighted by Gasteiger charge is -2.38. The fraction of sp³-hybridized carbons (Fsp3) is 0.323. The summed E-state index contributed by atoms with van der Waals surface area (Å²) in [7, 11) is 1.79. The van der Waals surface area contributed by atoms with Gasteiger partial charge in [0.25, 0.3) is 5.56 Å². The van der Waals surface area contributed by atoms with Crippen LogP contribution in [0.25, 0.3) is 27.9 Å². The van der Waals surface area contributed by atoms with Crippen LogP contribution in [-0.2, 0) is 26.7 Å². The number of piperidine rings is 1. The highest BCUT2D eigenvalue weighted by molar-refractivity contribution is 5.89. The molecule has 0 unspecified atom stereocenters. The van der Waals surface area contributed by atoms with Crippen LogP contribution >= 0.6 is 0 Å². The van der Waals surface area contributed by atoms with Gasteiger partial charge in [-0.05, 0) is 42.5 Å². The molecule has 9 heteroatoms. The first-order chi connectivity index (χ1) is 19.2. The van der Waals surface area contributed by atoms with Crippen LogP contribution in [0.4, 0.5) is 4.39 Å². The van der Waals surface area contributed by atoms with E-state index in [2.05, 4.69) is 21.6 Å². The maximum Gasteiger partial charge on any atom is 0.281 e. The maximum absolute atomic E-state index is 14.8. The maximum atomic E-state index is 14.8. The Balaban J connectivity index is 1.28. The van der Waals surface area contributed by atoms with Crippen LogP contribution in [-0.4, -0.2) is 48.0 Å². The topological polar surface area (TPSA) is 102 Å². The Hall–Kier alpha value is -3.92. The van der Waals surface area contributed by atoms with Gasteiger partial charge >= 0.3 is 0 Å². The van der Waals surface area contributed by atoms with E-state index in [1.165, 1.54) is 10.9 Å². The number of likely N-dealkylation sites (tertiary alicyclic amines) is 1. The zero-order valence-electron chi connectivity index (χ0n) is 23.0. The molecule has 1 fully saturated rings. The first-order valence-electron chi connectivity index (χ1n) is 13.5. The van der Waals surface area contributed by atoms with E-state index in [1.54, 1.807) is 23.9 Å². The van der Waals surface area contributed by atoms with Gasteiger partial charge in [0.05, 0.1) is 24.2 Å².